The van der Waals surface area contributed by atoms with Crippen LogP contribution >= 0.6 is 0 Å². The maximum Gasteiger partial charge on any atom is 0.248 e. The van der Waals surface area contributed by atoms with Crippen molar-refractivity contribution in [2.24, 2.45) is 5.92 Å². The van der Waals surface area contributed by atoms with Crippen LogP contribution in [-0.2, 0) is 0 Å². The van der Waals surface area contributed by atoms with Crippen LogP contribution in [0, 0.1) is 5.92 Å². The number of hydrogen-bond donors (Lipinski definition) is 1. The lowest BCUT2D eigenvalue weighted by molar-refractivity contribution is -0.0619. The second kappa shape index (κ2) is 5.06. The van der Waals surface area contributed by atoms with E-state index in [2.05, 4.69) is 6.58 Å². The Morgan fingerprint density at radius 3 is 2.47 bits per heavy atom. The van der Waals surface area contributed by atoms with E-state index in [9.17, 15) is 13.9 Å². The van der Waals surface area contributed by atoms with Gasteiger partial charge in [0.1, 0.15) is 0 Å². The van der Waals surface area contributed by atoms with Crippen LogP contribution in [0.25, 0.3) is 0 Å². The SMILES string of the molecule is C=C(CC)CC(O)C1CCC(F)(F)CC1. The van der Waals surface area contributed by atoms with Gasteiger partial charge in [-0.2, -0.15) is 0 Å². The minimum atomic E-state index is -2.50. The summed E-state index contributed by atoms with van der Waals surface area (Å²) in [6, 6.07) is 0. The molecule has 1 atom stereocenters. The van der Waals surface area contributed by atoms with Crippen molar-refractivity contribution in [2.75, 3.05) is 0 Å². The summed E-state index contributed by atoms with van der Waals surface area (Å²) in [5.41, 5.74) is 1.000. The average molecular weight is 218 g/mol. The van der Waals surface area contributed by atoms with Gasteiger partial charge < -0.3 is 5.11 Å². The van der Waals surface area contributed by atoms with Crippen molar-refractivity contribution in [1.29, 1.82) is 0 Å². The molecule has 0 spiro atoms. The lowest BCUT2D eigenvalue weighted by Crippen LogP contribution is -2.31. The molecule has 1 aliphatic rings. The molecular weight excluding hydrogens is 198 g/mol. The van der Waals surface area contributed by atoms with Gasteiger partial charge >= 0.3 is 0 Å². The number of alkyl halides is 2. The van der Waals surface area contributed by atoms with Crippen molar-refractivity contribution < 1.29 is 13.9 Å². The molecule has 1 N–H and O–H groups in total. The van der Waals surface area contributed by atoms with Crippen molar-refractivity contribution in [3.63, 3.8) is 0 Å². The molecule has 1 fully saturated rings. The fraction of sp³-hybridized carbons (Fsp3) is 0.833. The summed E-state index contributed by atoms with van der Waals surface area (Å²) >= 11 is 0. The Morgan fingerprint density at radius 2 is 2.00 bits per heavy atom. The van der Waals surface area contributed by atoms with Gasteiger partial charge in [0, 0.05) is 12.8 Å². The third kappa shape index (κ3) is 3.90. The minimum absolute atomic E-state index is 0.0351. The van der Waals surface area contributed by atoms with E-state index in [1.165, 1.54) is 0 Å². The number of aliphatic hydroxyl groups excluding tert-OH is 1. The summed E-state index contributed by atoms with van der Waals surface area (Å²) in [6.07, 6.45) is 1.65. The molecule has 0 aromatic carbocycles. The van der Waals surface area contributed by atoms with Gasteiger partial charge in [-0.3, -0.25) is 0 Å². The highest BCUT2D eigenvalue weighted by Gasteiger charge is 2.37. The largest absolute Gasteiger partial charge is 0.393 e. The second-order valence-electron chi connectivity index (χ2n) is 4.57. The fourth-order valence-electron chi connectivity index (χ4n) is 2.05. The van der Waals surface area contributed by atoms with Crippen LogP contribution in [0.1, 0.15) is 45.4 Å². The molecule has 3 heteroatoms. The molecule has 1 saturated carbocycles. The van der Waals surface area contributed by atoms with Gasteiger partial charge in [-0.1, -0.05) is 19.1 Å². The number of rotatable bonds is 4. The van der Waals surface area contributed by atoms with Crippen molar-refractivity contribution in [3.05, 3.63) is 12.2 Å². The lowest BCUT2D eigenvalue weighted by atomic mass is 9.81. The Morgan fingerprint density at radius 1 is 1.47 bits per heavy atom. The first-order chi connectivity index (χ1) is 6.94. The molecule has 0 amide bonds. The molecule has 1 aliphatic carbocycles. The molecule has 1 unspecified atom stereocenters. The Bertz CT molecular complexity index is 216. The highest BCUT2D eigenvalue weighted by atomic mass is 19.3. The maximum atomic E-state index is 12.9. The van der Waals surface area contributed by atoms with E-state index in [-0.39, 0.29) is 18.8 Å². The molecule has 1 rings (SSSR count). The van der Waals surface area contributed by atoms with E-state index in [1.54, 1.807) is 0 Å². The van der Waals surface area contributed by atoms with E-state index in [0.29, 0.717) is 19.3 Å². The zero-order valence-corrected chi connectivity index (χ0v) is 9.31. The zero-order chi connectivity index (χ0) is 11.5. The highest BCUT2D eigenvalue weighted by Crippen LogP contribution is 2.38. The Balaban J connectivity index is 2.36. The van der Waals surface area contributed by atoms with E-state index >= 15 is 0 Å². The Labute approximate surface area is 90.2 Å². The monoisotopic (exact) mass is 218 g/mol. The number of aliphatic hydroxyl groups is 1. The van der Waals surface area contributed by atoms with E-state index in [4.69, 9.17) is 0 Å². The van der Waals surface area contributed by atoms with Crippen LogP contribution < -0.4 is 0 Å². The fourth-order valence-corrected chi connectivity index (χ4v) is 2.05. The van der Waals surface area contributed by atoms with Gasteiger partial charge in [-0.25, -0.2) is 8.78 Å². The summed E-state index contributed by atoms with van der Waals surface area (Å²) in [5, 5.41) is 9.84. The van der Waals surface area contributed by atoms with Gasteiger partial charge in [-0.05, 0) is 31.6 Å². The first kappa shape index (κ1) is 12.6. The van der Waals surface area contributed by atoms with Crippen LogP contribution in [0.15, 0.2) is 12.2 Å². The molecule has 0 aliphatic heterocycles. The van der Waals surface area contributed by atoms with Crippen molar-refractivity contribution in [3.8, 4) is 0 Å². The summed E-state index contributed by atoms with van der Waals surface area (Å²) in [7, 11) is 0. The molecule has 88 valence electrons. The van der Waals surface area contributed by atoms with Gasteiger partial charge in [-0.15, -0.1) is 0 Å². The average Bonchev–Trinajstić information content (AvgIpc) is 2.17. The third-order valence-corrected chi connectivity index (χ3v) is 3.30. The molecule has 15 heavy (non-hydrogen) atoms. The summed E-state index contributed by atoms with van der Waals surface area (Å²) in [5.74, 6) is -2.47. The summed E-state index contributed by atoms with van der Waals surface area (Å²) in [4.78, 5) is 0. The Hall–Kier alpha value is -0.440. The molecule has 0 bridgehead atoms. The molecule has 0 aromatic heterocycles. The van der Waals surface area contributed by atoms with E-state index in [1.807, 2.05) is 6.92 Å². The van der Waals surface area contributed by atoms with Crippen molar-refractivity contribution in [2.45, 2.75) is 57.5 Å². The van der Waals surface area contributed by atoms with Crippen molar-refractivity contribution in [1.82, 2.24) is 0 Å². The van der Waals surface area contributed by atoms with Crippen molar-refractivity contribution >= 4 is 0 Å². The van der Waals surface area contributed by atoms with E-state index < -0.39 is 12.0 Å². The number of hydrogen-bond acceptors (Lipinski definition) is 1. The maximum absolute atomic E-state index is 12.9. The van der Waals surface area contributed by atoms with Crippen LogP contribution in [0.4, 0.5) is 8.78 Å². The summed E-state index contributed by atoms with van der Waals surface area (Å²) < 4.78 is 25.7. The standard InChI is InChI=1S/C12H20F2O/c1-3-9(2)8-11(15)10-4-6-12(13,14)7-5-10/h10-11,15H,2-8H2,1H3. The van der Waals surface area contributed by atoms with Crippen LogP contribution in [0.5, 0.6) is 0 Å². The van der Waals surface area contributed by atoms with Crippen LogP contribution in [-0.4, -0.2) is 17.1 Å². The Kier molecular flexibility index (Phi) is 4.26. The third-order valence-electron chi connectivity index (χ3n) is 3.30. The second-order valence-corrected chi connectivity index (χ2v) is 4.57. The molecule has 1 nitrogen and oxygen atoms in total. The highest BCUT2D eigenvalue weighted by molar-refractivity contribution is 4.96. The predicted octanol–water partition coefficient (Wildman–Crippen LogP) is 3.53. The molecular formula is C12H20F2O. The van der Waals surface area contributed by atoms with Crippen LogP contribution in [0.3, 0.4) is 0 Å². The van der Waals surface area contributed by atoms with Crippen LogP contribution in [0.2, 0.25) is 0 Å². The summed E-state index contributed by atoms with van der Waals surface area (Å²) in [6.45, 7) is 5.82. The number of halogens is 2. The van der Waals surface area contributed by atoms with Gasteiger partial charge in [0.05, 0.1) is 6.10 Å². The first-order valence-corrected chi connectivity index (χ1v) is 5.67. The van der Waals surface area contributed by atoms with Gasteiger partial charge in [0.2, 0.25) is 5.92 Å². The molecule has 0 aromatic rings. The molecule has 0 saturated heterocycles. The predicted molar refractivity (Wildman–Crippen MR) is 57.0 cm³/mol. The van der Waals surface area contributed by atoms with E-state index in [0.717, 1.165) is 12.0 Å². The quantitative estimate of drug-likeness (QED) is 0.716. The van der Waals surface area contributed by atoms with Gasteiger partial charge in [0.25, 0.3) is 0 Å². The first-order valence-electron chi connectivity index (χ1n) is 5.67. The smallest absolute Gasteiger partial charge is 0.248 e. The minimum Gasteiger partial charge on any atom is -0.393 e. The topological polar surface area (TPSA) is 20.2 Å². The zero-order valence-electron chi connectivity index (χ0n) is 9.31. The normalized spacial score (nSPS) is 23.7. The lowest BCUT2D eigenvalue weighted by Gasteiger charge is -2.31. The van der Waals surface area contributed by atoms with Gasteiger partial charge in [0.15, 0.2) is 0 Å². The molecule has 0 radical (unpaired) electrons. The molecule has 0 heterocycles.